The monoisotopic (exact) mass is 240 g/mol. The van der Waals surface area contributed by atoms with E-state index in [4.69, 9.17) is 5.73 Å². The van der Waals surface area contributed by atoms with Crippen molar-refractivity contribution in [2.45, 2.75) is 32.2 Å². The Balaban J connectivity index is 2.17. The van der Waals surface area contributed by atoms with Crippen LogP contribution in [0, 0.1) is 0 Å². The van der Waals surface area contributed by atoms with Crippen molar-refractivity contribution in [2.24, 2.45) is 5.73 Å². The third kappa shape index (κ3) is 2.08. The van der Waals surface area contributed by atoms with Crippen LogP contribution in [0.5, 0.6) is 0 Å². The lowest BCUT2D eigenvalue weighted by molar-refractivity contribution is 0.0794. The minimum atomic E-state index is 0.0339. The molecule has 88 valence electrons. The third-order valence-electron chi connectivity index (χ3n) is 2.77. The lowest BCUT2D eigenvalue weighted by Gasteiger charge is -2.15. The Morgan fingerprint density at radius 2 is 2.38 bits per heavy atom. The summed E-state index contributed by atoms with van der Waals surface area (Å²) >= 11 is 1.18. The first-order valence-electron chi connectivity index (χ1n) is 5.46. The molecule has 0 aromatic carbocycles. The maximum atomic E-state index is 12.2. The van der Waals surface area contributed by atoms with Crippen LogP contribution in [0.1, 0.15) is 41.6 Å². The standard InChI is InChI=1S/C10H16N4OS/c1-6(2)8-9(16-13-12-8)10(15)14-4-3-7(11)5-14/h6-7H,3-5,11H2,1-2H3/t7-/m0/s1. The molecular formula is C10H16N4OS. The number of carbonyl (C=O) groups is 1. The number of carbonyl (C=O) groups excluding carboxylic acids is 1. The number of likely N-dealkylation sites (tertiary alicyclic amines) is 1. The van der Waals surface area contributed by atoms with E-state index in [0.29, 0.717) is 11.4 Å². The second-order valence-corrected chi connectivity index (χ2v) is 5.20. The first-order chi connectivity index (χ1) is 7.59. The van der Waals surface area contributed by atoms with Gasteiger partial charge in [0.2, 0.25) is 0 Å². The van der Waals surface area contributed by atoms with Crippen molar-refractivity contribution in [1.82, 2.24) is 14.5 Å². The summed E-state index contributed by atoms with van der Waals surface area (Å²) in [6, 6.07) is 0.118. The van der Waals surface area contributed by atoms with Crippen molar-refractivity contribution >= 4 is 17.4 Å². The predicted octanol–water partition coefficient (Wildman–Crippen LogP) is 0.835. The zero-order chi connectivity index (χ0) is 11.7. The van der Waals surface area contributed by atoms with Crippen LogP contribution >= 0.6 is 11.5 Å². The molecule has 1 fully saturated rings. The van der Waals surface area contributed by atoms with Crippen molar-refractivity contribution in [2.75, 3.05) is 13.1 Å². The highest BCUT2D eigenvalue weighted by molar-refractivity contribution is 7.08. The van der Waals surface area contributed by atoms with Gasteiger partial charge >= 0.3 is 0 Å². The van der Waals surface area contributed by atoms with Gasteiger partial charge in [0.05, 0.1) is 5.69 Å². The van der Waals surface area contributed by atoms with Gasteiger partial charge in [-0.25, -0.2) is 0 Å². The molecular weight excluding hydrogens is 224 g/mol. The van der Waals surface area contributed by atoms with Gasteiger partial charge in [0.1, 0.15) is 4.88 Å². The number of nitrogens with two attached hydrogens (primary N) is 1. The van der Waals surface area contributed by atoms with Gasteiger partial charge < -0.3 is 10.6 Å². The Morgan fingerprint density at radius 1 is 1.62 bits per heavy atom. The molecule has 1 aliphatic heterocycles. The van der Waals surface area contributed by atoms with Crippen LogP contribution in [0.3, 0.4) is 0 Å². The molecule has 2 heterocycles. The molecule has 1 atom stereocenters. The van der Waals surface area contributed by atoms with Gasteiger partial charge in [-0.2, -0.15) is 0 Å². The van der Waals surface area contributed by atoms with E-state index in [2.05, 4.69) is 9.59 Å². The van der Waals surface area contributed by atoms with E-state index in [-0.39, 0.29) is 17.9 Å². The summed E-state index contributed by atoms with van der Waals surface area (Å²) in [6.45, 7) is 5.43. The van der Waals surface area contributed by atoms with Crippen molar-refractivity contribution in [1.29, 1.82) is 0 Å². The maximum Gasteiger partial charge on any atom is 0.267 e. The summed E-state index contributed by atoms with van der Waals surface area (Å²) in [6.07, 6.45) is 0.884. The minimum Gasteiger partial charge on any atom is -0.336 e. The lowest BCUT2D eigenvalue weighted by atomic mass is 10.1. The summed E-state index contributed by atoms with van der Waals surface area (Å²) in [5.41, 5.74) is 6.59. The van der Waals surface area contributed by atoms with Crippen LogP contribution in [0.25, 0.3) is 0 Å². The molecule has 2 rings (SSSR count). The van der Waals surface area contributed by atoms with Crippen LogP contribution in [0.4, 0.5) is 0 Å². The van der Waals surface area contributed by atoms with Crippen LogP contribution in [0.15, 0.2) is 0 Å². The van der Waals surface area contributed by atoms with Crippen LogP contribution < -0.4 is 5.73 Å². The topological polar surface area (TPSA) is 72.1 Å². The molecule has 1 amide bonds. The largest absolute Gasteiger partial charge is 0.336 e. The highest BCUT2D eigenvalue weighted by atomic mass is 32.1. The minimum absolute atomic E-state index is 0.0339. The molecule has 0 spiro atoms. The van der Waals surface area contributed by atoms with Crippen molar-refractivity contribution in [3.8, 4) is 0 Å². The second-order valence-electron chi connectivity index (χ2n) is 4.44. The first-order valence-corrected chi connectivity index (χ1v) is 6.24. The van der Waals surface area contributed by atoms with Gasteiger partial charge in [-0.05, 0) is 23.9 Å². The molecule has 0 bridgehead atoms. The summed E-state index contributed by atoms with van der Waals surface area (Å²) in [7, 11) is 0. The number of nitrogens with zero attached hydrogens (tertiary/aromatic N) is 3. The SMILES string of the molecule is CC(C)c1nnsc1C(=O)N1CC[C@H](N)C1. The van der Waals surface area contributed by atoms with Gasteiger partial charge in [0.15, 0.2) is 0 Å². The molecule has 0 radical (unpaired) electrons. The maximum absolute atomic E-state index is 12.2. The van der Waals surface area contributed by atoms with Crippen molar-refractivity contribution < 1.29 is 4.79 Å². The number of amides is 1. The normalized spacial score (nSPS) is 20.8. The molecule has 16 heavy (non-hydrogen) atoms. The highest BCUT2D eigenvalue weighted by Crippen LogP contribution is 2.22. The molecule has 1 aromatic heterocycles. The van der Waals surface area contributed by atoms with Crippen LogP contribution in [0.2, 0.25) is 0 Å². The van der Waals surface area contributed by atoms with Crippen molar-refractivity contribution in [3.05, 3.63) is 10.6 Å². The average Bonchev–Trinajstić information content (AvgIpc) is 2.84. The van der Waals surface area contributed by atoms with E-state index in [9.17, 15) is 4.79 Å². The van der Waals surface area contributed by atoms with Crippen LogP contribution in [-0.4, -0.2) is 39.5 Å². The van der Waals surface area contributed by atoms with E-state index in [1.54, 1.807) is 4.90 Å². The van der Waals surface area contributed by atoms with E-state index in [1.165, 1.54) is 11.5 Å². The number of rotatable bonds is 2. The highest BCUT2D eigenvalue weighted by Gasteiger charge is 2.28. The van der Waals surface area contributed by atoms with E-state index < -0.39 is 0 Å². The van der Waals surface area contributed by atoms with Crippen LogP contribution in [-0.2, 0) is 0 Å². The first kappa shape index (κ1) is 11.5. The van der Waals surface area contributed by atoms with E-state index in [0.717, 1.165) is 18.7 Å². The molecule has 0 unspecified atom stereocenters. The van der Waals surface area contributed by atoms with Gasteiger partial charge in [0.25, 0.3) is 5.91 Å². The van der Waals surface area contributed by atoms with E-state index in [1.807, 2.05) is 13.8 Å². The number of aromatic nitrogens is 2. The summed E-state index contributed by atoms with van der Waals surface area (Å²) in [5, 5.41) is 4.02. The second kappa shape index (κ2) is 4.47. The fourth-order valence-corrected chi connectivity index (χ4v) is 2.63. The quantitative estimate of drug-likeness (QED) is 0.831. The Hall–Kier alpha value is -1.01. The molecule has 1 aromatic rings. The Morgan fingerprint density at radius 3 is 2.94 bits per heavy atom. The Kier molecular flexibility index (Phi) is 3.20. The smallest absolute Gasteiger partial charge is 0.267 e. The summed E-state index contributed by atoms with van der Waals surface area (Å²) < 4.78 is 3.87. The molecule has 0 aliphatic carbocycles. The zero-order valence-electron chi connectivity index (χ0n) is 9.51. The lowest BCUT2D eigenvalue weighted by Crippen LogP contribution is -2.32. The molecule has 5 nitrogen and oxygen atoms in total. The molecule has 1 aliphatic rings. The third-order valence-corrected chi connectivity index (χ3v) is 3.50. The van der Waals surface area contributed by atoms with Gasteiger partial charge in [0, 0.05) is 19.1 Å². The van der Waals surface area contributed by atoms with Gasteiger partial charge in [-0.15, -0.1) is 5.10 Å². The van der Waals surface area contributed by atoms with E-state index >= 15 is 0 Å². The molecule has 6 heteroatoms. The predicted molar refractivity (Wildman–Crippen MR) is 62.5 cm³/mol. The molecule has 1 saturated heterocycles. The zero-order valence-corrected chi connectivity index (χ0v) is 10.3. The molecule has 0 saturated carbocycles. The summed E-state index contributed by atoms with van der Waals surface area (Å²) in [4.78, 5) is 14.6. The van der Waals surface area contributed by atoms with Crippen molar-refractivity contribution in [3.63, 3.8) is 0 Å². The fraction of sp³-hybridized carbons (Fsp3) is 0.700. The number of hydrogen-bond acceptors (Lipinski definition) is 5. The summed E-state index contributed by atoms with van der Waals surface area (Å²) in [5.74, 6) is 0.264. The Labute approximate surface area is 98.8 Å². The van der Waals surface area contributed by atoms with Gasteiger partial charge in [-0.3, -0.25) is 4.79 Å². The Bertz CT molecular complexity index is 390. The van der Waals surface area contributed by atoms with Gasteiger partial charge in [-0.1, -0.05) is 18.3 Å². The number of hydrogen-bond donors (Lipinski definition) is 1. The molecule has 2 N–H and O–H groups in total. The average molecular weight is 240 g/mol. The fourth-order valence-electron chi connectivity index (χ4n) is 1.84.